The Morgan fingerprint density at radius 2 is 1.70 bits per heavy atom. The molecule has 0 unspecified atom stereocenters. The molecule has 0 bridgehead atoms. The van der Waals surface area contributed by atoms with Crippen molar-refractivity contribution in [2.45, 2.75) is 18.7 Å². The summed E-state index contributed by atoms with van der Waals surface area (Å²) in [5, 5.41) is 14.0. The summed E-state index contributed by atoms with van der Waals surface area (Å²) in [7, 11) is 0. The Hall–Kier alpha value is -3.06. The summed E-state index contributed by atoms with van der Waals surface area (Å²) < 4.78 is 0. The monoisotopic (exact) mass is 384 g/mol. The molecule has 0 atom stereocenters. The molecule has 0 heterocycles. The third kappa shape index (κ3) is 6.99. The average molecular weight is 384 g/mol. The first-order valence-corrected chi connectivity index (χ1v) is 9.14. The van der Waals surface area contributed by atoms with E-state index in [4.69, 9.17) is 5.11 Å². The van der Waals surface area contributed by atoms with Gasteiger partial charge in [-0.2, -0.15) is 0 Å². The van der Waals surface area contributed by atoms with Gasteiger partial charge in [0.15, 0.2) is 0 Å². The van der Waals surface area contributed by atoms with Crippen LogP contribution in [0.3, 0.4) is 0 Å². The Morgan fingerprint density at radius 1 is 0.963 bits per heavy atom. The van der Waals surface area contributed by atoms with Crippen molar-refractivity contribution >= 4 is 40.9 Å². The molecule has 2 aromatic carbocycles. The maximum absolute atomic E-state index is 12.1. The van der Waals surface area contributed by atoms with Crippen molar-refractivity contribution in [3.63, 3.8) is 0 Å². The van der Waals surface area contributed by atoms with E-state index in [1.165, 1.54) is 17.3 Å². The molecular weight excluding hydrogens is 364 g/mol. The first-order chi connectivity index (χ1) is 12.8. The Labute approximate surface area is 161 Å². The second kappa shape index (κ2) is 9.59. The highest BCUT2D eigenvalue weighted by Crippen LogP contribution is 2.22. The Morgan fingerprint density at radius 3 is 2.41 bits per heavy atom. The van der Waals surface area contributed by atoms with Crippen molar-refractivity contribution in [1.29, 1.82) is 0 Å². The number of aliphatic carboxylic acids is 1. The maximum Gasteiger partial charge on any atom is 0.328 e. The molecule has 0 aliphatic rings. The second-order valence-electron chi connectivity index (χ2n) is 5.82. The molecule has 3 N–H and O–H groups in total. The number of nitrogens with one attached hydrogen (secondary N) is 2. The molecule has 2 aromatic rings. The molecule has 140 valence electrons. The highest BCUT2D eigenvalue weighted by Gasteiger charge is 2.06. The second-order valence-corrected chi connectivity index (χ2v) is 6.87. The van der Waals surface area contributed by atoms with Crippen LogP contribution in [0.1, 0.15) is 11.1 Å². The summed E-state index contributed by atoms with van der Waals surface area (Å²) in [4.78, 5) is 35.0. The van der Waals surface area contributed by atoms with E-state index in [9.17, 15) is 14.4 Å². The van der Waals surface area contributed by atoms with Gasteiger partial charge in [0.2, 0.25) is 11.8 Å². The molecule has 0 saturated carbocycles. The minimum Gasteiger partial charge on any atom is -0.478 e. The number of carboxylic acid groups (broad SMARTS) is 1. The quantitative estimate of drug-likeness (QED) is 0.501. The number of hydrogen-bond acceptors (Lipinski definition) is 4. The predicted octanol–water partition coefficient (Wildman–Crippen LogP) is 3.61. The van der Waals surface area contributed by atoms with E-state index >= 15 is 0 Å². The van der Waals surface area contributed by atoms with Crippen LogP contribution in [0.2, 0.25) is 0 Å². The summed E-state index contributed by atoms with van der Waals surface area (Å²) >= 11 is 1.34. The molecule has 27 heavy (non-hydrogen) atoms. The van der Waals surface area contributed by atoms with Crippen molar-refractivity contribution in [2.24, 2.45) is 0 Å². The smallest absolute Gasteiger partial charge is 0.328 e. The zero-order chi connectivity index (χ0) is 19.8. The fourth-order valence-corrected chi connectivity index (χ4v) is 2.91. The molecule has 2 amide bonds. The standard InChI is InChI=1S/C20H20N2O4S/c1-13-6-7-16(10-14(13)2)22-19(24)12-27-17-5-3-4-15(11-17)21-18(23)8-9-20(25)26/h3-11H,12H2,1-2H3,(H,21,23)(H,22,24)(H,25,26)/b9-8+. The first kappa shape index (κ1) is 20.3. The van der Waals surface area contributed by atoms with Crippen molar-refractivity contribution in [2.75, 3.05) is 16.4 Å². The van der Waals surface area contributed by atoms with Crippen LogP contribution in [0.25, 0.3) is 0 Å². The molecule has 2 rings (SSSR count). The fraction of sp³-hybridized carbons (Fsp3) is 0.150. The summed E-state index contributed by atoms with van der Waals surface area (Å²) in [6.45, 7) is 4.01. The van der Waals surface area contributed by atoms with Crippen molar-refractivity contribution in [3.05, 3.63) is 65.7 Å². The van der Waals surface area contributed by atoms with E-state index in [0.717, 1.165) is 28.3 Å². The van der Waals surface area contributed by atoms with E-state index in [-0.39, 0.29) is 11.7 Å². The van der Waals surface area contributed by atoms with Crippen molar-refractivity contribution in [1.82, 2.24) is 0 Å². The zero-order valence-corrected chi connectivity index (χ0v) is 15.8. The van der Waals surface area contributed by atoms with Gasteiger partial charge in [-0.05, 0) is 55.3 Å². The lowest BCUT2D eigenvalue weighted by molar-refractivity contribution is -0.131. The minimum atomic E-state index is -1.19. The number of hydrogen-bond donors (Lipinski definition) is 3. The number of thioether (sulfide) groups is 1. The molecule has 0 aliphatic heterocycles. The number of carbonyl (C=O) groups is 3. The van der Waals surface area contributed by atoms with Gasteiger partial charge in [0.05, 0.1) is 5.75 Å². The van der Waals surface area contributed by atoms with Gasteiger partial charge >= 0.3 is 5.97 Å². The summed E-state index contributed by atoms with van der Waals surface area (Å²) in [6.07, 6.45) is 1.71. The van der Waals surface area contributed by atoms with Crippen LogP contribution >= 0.6 is 11.8 Å². The number of anilines is 2. The minimum absolute atomic E-state index is 0.123. The Bertz CT molecular complexity index is 893. The van der Waals surface area contributed by atoms with E-state index < -0.39 is 11.9 Å². The third-order valence-corrected chi connectivity index (χ3v) is 4.63. The van der Waals surface area contributed by atoms with Crippen LogP contribution in [0.4, 0.5) is 11.4 Å². The Kier molecular flexibility index (Phi) is 7.19. The number of aryl methyl sites for hydroxylation is 2. The van der Waals surface area contributed by atoms with E-state index in [1.807, 2.05) is 38.1 Å². The van der Waals surface area contributed by atoms with Gasteiger partial charge in [0.25, 0.3) is 0 Å². The summed E-state index contributed by atoms with van der Waals surface area (Å²) in [5.74, 6) is -1.62. The highest BCUT2D eigenvalue weighted by atomic mass is 32.2. The lowest BCUT2D eigenvalue weighted by atomic mass is 10.1. The van der Waals surface area contributed by atoms with Gasteiger partial charge in [-0.1, -0.05) is 12.1 Å². The zero-order valence-electron chi connectivity index (χ0n) is 15.0. The molecule has 6 nitrogen and oxygen atoms in total. The molecule has 0 aliphatic carbocycles. The van der Waals surface area contributed by atoms with Gasteiger partial charge in [-0.25, -0.2) is 4.79 Å². The number of rotatable bonds is 7. The lowest BCUT2D eigenvalue weighted by Gasteiger charge is -2.08. The van der Waals surface area contributed by atoms with E-state index in [1.54, 1.807) is 18.2 Å². The number of carboxylic acids is 1. The van der Waals surface area contributed by atoms with Crippen LogP contribution < -0.4 is 10.6 Å². The lowest BCUT2D eigenvalue weighted by Crippen LogP contribution is -2.14. The predicted molar refractivity (Wildman–Crippen MR) is 107 cm³/mol. The third-order valence-electron chi connectivity index (χ3n) is 3.64. The van der Waals surface area contributed by atoms with Crippen LogP contribution in [0, 0.1) is 13.8 Å². The number of carbonyl (C=O) groups excluding carboxylic acids is 2. The molecule has 7 heteroatoms. The van der Waals surface area contributed by atoms with Gasteiger partial charge in [-0.3, -0.25) is 9.59 Å². The van der Waals surface area contributed by atoms with Crippen LogP contribution in [-0.4, -0.2) is 28.6 Å². The first-order valence-electron chi connectivity index (χ1n) is 8.15. The largest absolute Gasteiger partial charge is 0.478 e. The highest BCUT2D eigenvalue weighted by molar-refractivity contribution is 8.00. The fourth-order valence-electron chi connectivity index (χ4n) is 2.16. The Balaban J connectivity index is 1.90. The number of amides is 2. The van der Waals surface area contributed by atoms with Crippen LogP contribution in [0.15, 0.2) is 59.5 Å². The molecule has 0 aromatic heterocycles. The van der Waals surface area contributed by atoms with Crippen molar-refractivity contribution in [3.8, 4) is 0 Å². The van der Waals surface area contributed by atoms with E-state index in [0.29, 0.717) is 5.69 Å². The number of benzene rings is 2. The van der Waals surface area contributed by atoms with Gasteiger partial charge in [0.1, 0.15) is 0 Å². The average Bonchev–Trinajstić information content (AvgIpc) is 2.62. The summed E-state index contributed by atoms with van der Waals surface area (Å²) in [6, 6.07) is 12.7. The SMILES string of the molecule is Cc1ccc(NC(=O)CSc2cccc(NC(=O)/C=C/C(=O)O)c2)cc1C. The van der Waals surface area contributed by atoms with Gasteiger partial charge in [-0.15, -0.1) is 11.8 Å². The van der Waals surface area contributed by atoms with Crippen LogP contribution in [0.5, 0.6) is 0 Å². The van der Waals surface area contributed by atoms with Gasteiger partial charge < -0.3 is 15.7 Å². The molecule has 0 saturated heterocycles. The summed E-state index contributed by atoms with van der Waals surface area (Å²) in [5.41, 5.74) is 3.56. The van der Waals surface area contributed by atoms with Crippen molar-refractivity contribution < 1.29 is 19.5 Å². The van der Waals surface area contributed by atoms with Gasteiger partial charge in [0, 0.05) is 28.4 Å². The molecule has 0 spiro atoms. The molecule has 0 fully saturated rings. The molecular formula is C20H20N2O4S. The van der Waals surface area contributed by atoms with E-state index in [2.05, 4.69) is 10.6 Å². The normalized spacial score (nSPS) is 10.6. The topological polar surface area (TPSA) is 95.5 Å². The van der Waals surface area contributed by atoms with Crippen LogP contribution in [-0.2, 0) is 14.4 Å². The maximum atomic E-state index is 12.1. The molecule has 0 radical (unpaired) electrons.